The average molecular weight is 335 g/mol. The summed E-state index contributed by atoms with van der Waals surface area (Å²) in [4.78, 5) is 11.1. The highest BCUT2D eigenvalue weighted by atomic mass is 16.4. The van der Waals surface area contributed by atoms with Crippen LogP contribution in [-0.4, -0.2) is 22.3 Å². The molecule has 4 aliphatic carbocycles. The lowest BCUT2D eigenvalue weighted by molar-refractivity contribution is -0.142. The summed E-state index contributed by atoms with van der Waals surface area (Å²) in [6, 6.07) is 0. The molecule has 0 aromatic rings. The van der Waals surface area contributed by atoms with E-state index in [1.54, 1.807) is 0 Å². The highest BCUT2D eigenvalue weighted by molar-refractivity contribution is 5.67. The van der Waals surface area contributed by atoms with Crippen molar-refractivity contribution in [2.24, 2.45) is 40.4 Å². The molecule has 0 heterocycles. The van der Waals surface area contributed by atoms with Crippen molar-refractivity contribution in [3.63, 3.8) is 0 Å². The third kappa shape index (κ3) is 2.37. The maximum absolute atomic E-state index is 11.1. The third-order valence-electron chi connectivity index (χ3n) is 9.19. The van der Waals surface area contributed by atoms with Crippen LogP contribution in [0.3, 0.4) is 0 Å². The smallest absolute Gasteiger partial charge is 0.303 e. The van der Waals surface area contributed by atoms with Crippen LogP contribution in [0.4, 0.5) is 0 Å². The molecule has 3 heteroatoms. The first-order valence-corrected chi connectivity index (χ1v) is 10.2. The summed E-state index contributed by atoms with van der Waals surface area (Å²) < 4.78 is 0. The van der Waals surface area contributed by atoms with Crippen molar-refractivity contribution < 1.29 is 15.0 Å². The van der Waals surface area contributed by atoms with E-state index in [-0.39, 0.29) is 11.5 Å². The van der Waals surface area contributed by atoms with Gasteiger partial charge in [0, 0.05) is 6.42 Å². The van der Waals surface area contributed by atoms with E-state index in [0.717, 1.165) is 42.9 Å². The molecule has 136 valence electrons. The number of aliphatic hydroxyl groups is 1. The van der Waals surface area contributed by atoms with Crippen molar-refractivity contribution in [2.75, 3.05) is 0 Å². The van der Waals surface area contributed by atoms with E-state index in [1.807, 2.05) is 0 Å². The van der Waals surface area contributed by atoms with Gasteiger partial charge in [-0.05, 0) is 98.2 Å². The van der Waals surface area contributed by atoms with Gasteiger partial charge in [0.2, 0.25) is 0 Å². The number of carbonyl (C=O) groups is 1. The van der Waals surface area contributed by atoms with Crippen molar-refractivity contribution in [1.82, 2.24) is 0 Å². The number of carboxylic acid groups (broad SMARTS) is 1. The minimum Gasteiger partial charge on any atom is -0.481 e. The van der Waals surface area contributed by atoms with Gasteiger partial charge < -0.3 is 10.2 Å². The van der Waals surface area contributed by atoms with Gasteiger partial charge in [0.1, 0.15) is 0 Å². The average Bonchev–Trinajstić information content (AvgIpc) is 2.83. The highest BCUT2D eigenvalue weighted by Crippen LogP contribution is 2.66. The Balaban J connectivity index is 1.53. The van der Waals surface area contributed by atoms with Gasteiger partial charge >= 0.3 is 5.97 Å². The van der Waals surface area contributed by atoms with Crippen LogP contribution in [0.1, 0.15) is 78.1 Å². The molecule has 0 unspecified atom stereocenters. The molecule has 0 spiro atoms. The first-order valence-electron chi connectivity index (χ1n) is 10.2. The maximum atomic E-state index is 11.1. The van der Waals surface area contributed by atoms with E-state index in [9.17, 15) is 9.90 Å². The molecule has 0 radical (unpaired) electrons. The molecule has 4 aliphatic rings. The Morgan fingerprint density at radius 2 is 1.67 bits per heavy atom. The first kappa shape index (κ1) is 16.9. The molecular weight excluding hydrogens is 300 g/mol. The molecule has 2 N–H and O–H groups in total. The molecule has 4 fully saturated rings. The van der Waals surface area contributed by atoms with Gasteiger partial charge in [-0.15, -0.1) is 0 Å². The summed E-state index contributed by atoms with van der Waals surface area (Å²) in [7, 11) is 0. The molecule has 4 saturated carbocycles. The van der Waals surface area contributed by atoms with Crippen LogP contribution < -0.4 is 0 Å². The van der Waals surface area contributed by atoms with Crippen LogP contribution in [-0.2, 0) is 4.79 Å². The molecule has 0 aliphatic heterocycles. The molecule has 0 aromatic heterocycles. The Morgan fingerprint density at radius 1 is 0.958 bits per heavy atom. The highest BCUT2D eigenvalue weighted by Gasteiger charge is 2.59. The standard InChI is InChI=1S/C21H34O3/c1-20-9-7-13(12-19(23)24)11-14(20)3-4-15-16-5-6-18(22)21(16,2)10-8-17(15)20/h13-18,22H,3-12H2,1-2H3,(H,23,24)/t13-,14+,15+,16-,17+,18+,20+,21+/m1/s1. The molecule has 8 atom stereocenters. The summed E-state index contributed by atoms with van der Waals surface area (Å²) >= 11 is 0. The Morgan fingerprint density at radius 3 is 2.42 bits per heavy atom. The number of fused-ring (bicyclic) bond motifs is 5. The van der Waals surface area contributed by atoms with Crippen molar-refractivity contribution >= 4 is 5.97 Å². The predicted molar refractivity (Wildman–Crippen MR) is 93.5 cm³/mol. The number of hydrogen-bond donors (Lipinski definition) is 2. The fraction of sp³-hybridized carbons (Fsp3) is 0.952. The second-order valence-electron chi connectivity index (χ2n) is 10.0. The van der Waals surface area contributed by atoms with Gasteiger partial charge in [-0.3, -0.25) is 4.79 Å². The van der Waals surface area contributed by atoms with Gasteiger partial charge in [0.15, 0.2) is 0 Å². The Hall–Kier alpha value is -0.570. The van der Waals surface area contributed by atoms with Crippen molar-refractivity contribution in [3.05, 3.63) is 0 Å². The topological polar surface area (TPSA) is 57.5 Å². The van der Waals surface area contributed by atoms with Gasteiger partial charge in [-0.1, -0.05) is 13.8 Å². The fourth-order valence-electron chi connectivity index (χ4n) is 7.75. The number of aliphatic carboxylic acids is 1. The molecular formula is C21H34O3. The lowest BCUT2D eigenvalue weighted by atomic mass is 9.44. The number of rotatable bonds is 2. The van der Waals surface area contributed by atoms with Crippen molar-refractivity contribution in [2.45, 2.75) is 84.2 Å². The zero-order chi connectivity index (χ0) is 17.1. The predicted octanol–water partition coefficient (Wildman–Crippen LogP) is 4.48. The summed E-state index contributed by atoms with van der Waals surface area (Å²) in [5.74, 6) is 2.85. The SMILES string of the molecule is C[C@]12CC[C@H]3[C@@H](CC[C@H]4C[C@H](CC(=O)O)CC[C@@]43C)[C@H]1CC[C@@H]2O. The summed E-state index contributed by atoms with van der Waals surface area (Å²) in [6.45, 7) is 4.88. The Labute approximate surface area is 146 Å². The van der Waals surface area contributed by atoms with E-state index in [4.69, 9.17) is 5.11 Å². The maximum Gasteiger partial charge on any atom is 0.303 e. The van der Waals surface area contributed by atoms with Crippen molar-refractivity contribution in [1.29, 1.82) is 0 Å². The molecule has 0 aromatic carbocycles. The molecule has 0 bridgehead atoms. The molecule has 0 saturated heterocycles. The summed E-state index contributed by atoms with van der Waals surface area (Å²) in [6.07, 6.45) is 11.1. The zero-order valence-corrected chi connectivity index (χ0v) is 15.3. The van der Waals surface area contributed by atoms with Gasteiger partial charge in [-0.25, -0.2) is 0 Å². The molecule has 24 heavy (non-hydrogen) atoms. The van der Waals surface area contributed by atoms with E-state index < -0.39 is 5.97 Å². The normalized spacial score (nSPS) is 53.8. The van der Waals surface area contributed by atoms with Crippen LogP contribution in [0.2, 0.25) is 0 Å². The first-order chi connectivity index (χ1) is 11.3. The van der Waals surface area contributed by atoms with Crippen LogP contribution >= 0.6 is 0 Å². The zero-order valence-electron chi connectivity index (χ0n) is 15.3. The second-order valence-corrected chi connectivity index (χ2v) is 10.0. The van der Waals surface area contributed by atoms with Gasteiger partial charge in [0.25, 0.3) is 0 Å². The van der Waals surface area contributed by atoms with Crippen LogP contribution in [0.5, 0.6) is 0 Å². The van der Waals surface area contributed by atoms with E-state index in [2.05, 4.69) is 13.8 Å². The van der Waals surface area contributed by atoms with Crippen molar-refractivity contribution in [3.8, 4) is 0 Å². The number of aliphatic hydroxyl groups excluding tert-OH is 1. The molecule has 3 nitrogen and oxygen atoms in total. The number of hydrogen-bond acceptors (Lipinski definition) is 2. The van der Waals surface area contributed by atoms with E-state index >= 15 is 0 Å². The van der Waals surface area contributed by atoms with E-state index in [0.29, 0.717) is 17.8 Å². The molecule has 4 rings (SSSR count). The number of carboxylic acids is 1. The van der Waals surface area contributed by atoms with Crippen LogP contribution in [0, 0.1) is 40.4 Å². The van der Waals surface area contributed by atoms with E-state index in [1.165, 1.54) is 38.5 Å². The largest absolute Gasteiger partial charge is 0.481 e. The van der Waals surface area contributed by atoms with Crippen LogP contribution in [0.25, 0.3) is 0 Å². The third-order valence-corrected chi connectivity index (χ3v) is 9.19. The second kappa shape index (κ2) is 5.72. The summed E-state index contributed by atoms with van der Waals surface area (Å²) in [5, 5.41) is 19.7. The Kier molecular flexibility index (Phi) is 4.02. The quantitative estimate of drug-likeness (QED) is 0.783. The fourth-order valence-corrected chi connectivity index (χ4v) is 7.75. The van der Waals surface area contributed by atoms with Gasteiger partial charge in [0.05, 0.1) is 6.10 Å². The lowest BCUT2D eigenvalue weighted by Crippen LogP contribution is -2.54. The molecule has 0 amide bonds. The monoisotopic (exact) mass is 334 g/mol. The minimum absolute atomic E-state index is 0.0831. The minimum atomic E-state index is -0.620. The lowest BCUT2D eigenvalue weighted by Gasteiger charge is -2.61. The summed E-state index contributed by atoms with van der Waals surface area (Å²) in [5.41, 5.74) is 0.595. The Bertz CT molecular complexity index is 517. The van der Waals surface area contributed by atoms with Crippen LogP contribution in [0.15, 0.2) is 0 Å². The van der Waals surface area contributed by atoms with Gasteiger partial charge in [-0.2, -0.15) is 0 Å².